The van der Waals surface area contributed by atoms with E-state index >= 15 is 0 Å². The Labute approximate surface area is 115 Å². The minimum Gasteiger partial charge on any atom is -0.367 e. The minimum absolute atomic E-state index is 0.328. The van der Waals surface area contributed by atoms with Crippen LogP contribution in [-0.4, -0.2) is 29.8 Å². The Morgan fingerprint density at radius 1 is 1.32 bits per heavy atom. The van der Waals surface area contributed by atoms with E-state index in [1.807, 2.05) is 6.92 Å². The van der Waals surface area contributed by atoms with Gasteiger partial charge in [-0.3, -0.25) is 0 Å². The fourth-order valence-electron chi connectivity index (χ4n) is 2.82. The molecule has 108 valence electrons. The molecule has 1 saturated heterocycles. The second kappa shape index (κ2) is 6.01. The molecule has 5 heteroatoms. The topological polar surface area (TPSA) is 60.2 Å². The summed E-state index contributed by atoms with van der Waals surface area (Å²) in [6.45, 7) is 11.0. The van der Waals surface area contributed by atoms with Gasteiger partial charge in [-0.15, -0.1) is 0 Å². The van der Waals surface area contributed by atoms with Gasteiger partial charge in [-0.2, -0.15) is 4.98 Å². The van der Waals surface area contributed by atoms with E-state index in [1.54, 1.807) is 0 Å². The van der Waals surface area contributed by atoms with Crippen LogP contribution in [0, 0.1) is 5.92 Å². The monoisotopic (exact) mass is 267 g/mol. The molecular weight excluding hydrogens is 242 g/mol. The second-order valence-corrected chi connectivity index (χ2v) is 5.33. The molecule has 0 aliphatic carbocycles. The average molecular weight is 267 g/mol. The van der Waals surface area contributed by atoms with Crippen molar-refractivity contribution in [2.24, 2.45) is 5.92 Å². The average Bonchev–Trinajstić information content (AvgIpc) is 3.04. The van der Waals surface area contributed by atoms with Crippen molar-refractivity contribution >= 4 is 0 Å². The Balaban J connectivity index is 2.23. The number of hydrogen-bond donors (Lipinski definition) is 1. The zero-order valence-electron chi connectivity index (χ0n) is 12.4. The van der Waals surface area contributed by atoms with E-state index < -0.39 is 5.60 Å². The van der Waals surface area contributed by atoms with Crippen LogP contribution in [0.2, 0.25) is 0 Å². The fraction of sp³-hybridized carbons (Fsp3) is 0.857. The Hall–Kier alpha value is -0.940. The molecule has 0 saturated carbocycles. The second-order valence-electron chi connectivity index (χ2n) is 5.33. The standard InChI is InChI=1S/C14H25N3O2/c1-5-14(6-2,18-7-3)13-16-12(19-17-13)11-9-15-8-10(11)4/h10-11,15H,5-9H2,1-4H3/t10-,11-/m1/s1. The van der Waals surface area contributed by atoms with Crippen molar-refractivity contribution in [2.45, 2.75) is 52.1 Å². The predicted molar refractivity (Wildman–Crippen MR) is 73.0 cm³/mol. The molecule has 19 heavy (non-hydrogen) atoms. The number of nitrogens with one attached hydrogen (secondary N) is 1. The molecule has 1 aromatic rings. The maximum absolute atomic E-state index is 5.92. The first-order valence-corrected chi connectivity index (χ1v) is 7.35. The van der Waals surface area contributed by atoms with Crippen molar-refractivity contribution in [2.75, 3.05) is 19.7 Å². The van der Waals surface area contributed by atoms with Gasteiger partial charge in [0.2, 0.25) is 11.7 Å². The zero-order valence-corrected chi connectivity index (χ0v) is 12.4. The molecule has 2 heterocycles. The van der Waals surface area contributed by atoms with Crippen LogP contribution in [-0.2, 0) is 10.3 Å². The Morgan fingerprint density at radius 3 is 2.58 bits per heavy atom. The summed E-state index contributed by atoms with van der Waals surface area (Å²) >= 11 is 0. The lowest BCUT2D eigenvalue weighted by Crippen LogP contribution is -2.30. The van der Waals surface area contributed by atoms with Gasteiger partial charge in [0.25, 0.3) is 0 Å². The normalized spacial score (nSPS) is 24.0. The van der Waals surface area contributed by atoms with Crippen molar-refractivity contribution in [1.29, 1.82) is 0 Å². The fourth-order valence-corrected chi connectivity index (χ4v) is 2.82. The molecule has 2 atom stereocenters. The third kappa shape index (κ3) is 2.67. The molecule has 1 aliphatic rings. The van der Waals surface area contributed by atoms with Crippen molar-refractivity contribution < 1.29 is 9.26 Å². The molecule has 1 aromatic heterocycles. The van der Waals surface area contributed by atoms with Crippen LogP contribution in [0.5, 0.6) is 0 Å². The predicted octanol–water partition coefficient (Wildman–Crippen LogP) is 2.44. The molecule has 0 spiro atoms. The largest absolute Gasteiger partial charge is 0.367 e. The highest BCUT2D eigenvalue weighted by Crippen LogP contribution is 2.33. The van der Waals surface area contributed by atoms with Gasteiger partial charge < -0.3 is 14.6 Å². The number of rotatable bonds is 6. The van der Waals surface area contributed by atoms with E-state index in [1.165, 1.54) is 0 Å². The van der Waals surface area contributed by atoms with Gasteiger partial charge in [0, 0.05) is 13.2 Å². The van der Waals surface area contributed by atoms with Gasteiger partial charge in [0.15, 0.2) is 0 Å². The summed E-state index contributed by atoms with van der Waals surface area (Å²) < 4.78 is 11.4. The Kier molecular flexibility index (Phi) is 4.58. The molecule has 0 radical (unpaired) electrons. The van der Waals surface area contributed by atoms with Crippen molar-refractivity contribution in [3.63, 3.8) is 0 Å². The first kappa shape index (κ1) is 14.5. The zero-order chi connectivity index (χ0) is 13.9. The minimum atomic E-state index is -0.397. The summed E-state index contributed by atoms with van der Waals surface area (Å²) in [5.41, 5.74) is -0.397. The van der Waals surface area contributed by atoms with Crippen LogP contribution < -0.4 is 5.32 Å². The lowest BCUT2D eigenvalue weighted by Gasteiger charge is -2.27. The van der Waals surface area contributed by atoms with E-state index in [9.17, 15) is 0 Å². The molecule has 5 nitrogen and oxygen atoms in total. The lowest BCUT2D eigenvalue weighted by molar-refractivity contribution is -0.0583. The van der Waals surface area contributed by atoms with E-state index in [4.69, 9.17) is 9.26 Å². The quantitative estimate of drug-likeness (QED) is 0.858. The number of aromatic nitrogens is 2. The summed E-state index contributed by atoms with van der Waals surface area (Å²) in [5, 5.41) is 7.55. The van der Waals surface area contributed by atoms with E-state index in [2.05, 4.69) is 36.2 Å². The molecule has 2 rings (SSSR count). The van der Waals surface area contributed by atoms with Gasteiger partial charge in [-0.05, 0) is 32.2 Å². The van der Waals surface area contributed by atoms with Crippen molar-refractivity contribution in [3.05, 3.63) is 11.7 Å². The van der Waals surface area contributed by atoms with Gasteiger partial charge in [-0.25, -0.2) is 0 Å². The molecule has 1 N–H and O–H groups in total. The van der Waals surface area contributed by atoms with Crippen LogP contribution >= 0.6 is 0 Å². The third-order valence-electron chi connectivity index (χ3n) is 4.25. The number of nitrogens with zero attached hydrogens (tertiary/aromatic N) is 2. The highest BCUT2D eigenvalue weighted by molar-refractivity contribution is 5.06. The van der Waals surface area contributed by atoms with Gasteiger partial charge >= 0.3 is 0 Å². The molecule has 0 amide bonds. The first-order chi connectivity index (χ1) is 9.16. The highest BCUT2D eigenvalue weighted by atomic mass is 16.5. The first-order valence-electron chi connectivity index (χ1n) is 7.35. The summed E-state index contributed by atoms with van der Waals surface area (Å²) in [6.07, 6.45) is 1.71. The maximum Gasteiger partial charge on any atom is 0.231 e. The van der Waals surface area contributed by atoms with Crippen LogP contribution in [0.15, 0.2) is 4.52 Å². The molecular formula is C14H25N3O2. The molecule has 0 aromatic carbocycles. The van der Waals surface area contributed by atoms with E-state index in [0.717, 1.165) is 31.8 Å². The SMILES string of the molecule is CCOC(CC)(CC)c1noc([C@@H]2CNC[C@H]2C)n1. The van der Waals surface area contributed by atoms with Gasteiger partial charge in [-0.1, -0.05) is 25.9 Å². The smallest absolute Gasteiger partial charge is 0.231 e. The van der Waals surface area contributed by atoms with Gasteiger partial charge in [0.1, 0.15) is 5.60 Å². The summed E-state index contributed by atoms with van der Waals surface area (Å²) in [5.74, 6) is 2.32. The summed E-state index contributed by atoms with van der Waals surface area (Å²) in [7, 11) is 0. The van der Waals surface area contributed by atoms with E-state index in [-0.39, 0.29) is 0 Å². The lowest BCUT2D eigenvalue weighted by atomic mass is 9.95. The molecule has 1 fully saturated rings. The maximum atomic E-state index is 5.92. The Morgan fingerprint density at radius 2 is 2.05 bits per heavy atom. The van der Waals surface area contributed by atoms with Crippen LogP contribution in [0.3, 0.4) is 0 Å². The van der Waals surface area contributed by atoms with Crippen LogP contribution in [0.25, 0.3) is 0 Å². The molecule has 1 aliphatic heterocycles. The van der Waals surface area contributed by atoms with Crippen LogP contribution in [0.1, 0.15) is 58.2 Å². The van der Waals surface area contributed by atoms with Gasteiger partial charge in [0.05, 0.1) is 5.92 Å². The summed E-state index contributed by atoms with van der Waals surface area (Å²) in [4.78, 5) is 4.63. The van der Waals surface area contributed by atoms with Crippen LogP contribution in [0.4, 0.5) is 0 Å². The number of ether oxygens (including phenoxy) is 1. The summed E-state index contributed by atoms with van der Waals surface area (Å²) in [6, 6.07) is 0. The third-order valence-corrected chi connectivity index (χ3v) is 4.25. The highest BCUT2D eigenvalue weighted by Gasteiger charge is 2.37. The molecule has 0 bridgehead atoms. The Bertz CT molecular complexity index is 401. The molecule has 0 unspecified atom stereocenters. The van der Waals surface area contributed by atoms with E-state index in [0.29, 0.717) is 24.3 Å². The number of hydrogen-bond acceptors (Lipinski definition) is 5. The van der Waals surface area contributed by atoms with Crippen molar-refractivity contribution in [1.82, 2.24) is 15.5 Å². The van der Waals surface area contributed by atoms with Crippen molar-refractivity contribution in [3.8, 4) is 0 Å².